The molecule has 0 aromatic heterocycles. The van der Waals surface area contributed by atoms with Crippen LogP contribution >= 0.6 is 0 Å². The number of para-hydroxylation sites is 2. The Balaban J connectivity index is 0.889. The van der Waals surface area contributed by atoms with Gasteiger partial charge in [0.2, 0.25) is 0 Å². The molecule has 8 heteroatoms. The van der Waals surface area contributed by atoms with Gasteiger partial charge in [-0.25, -0.2) is 0 Å². The fourth-order valence-electron chi connectivity index (χ4n) is 9.42. The van der Waals surface area contributed by atoms with E-state index in [0.717, 1.165) is 66.5 Å². The molecule has 4 aliphatic rings. The van der Waals surface area contributed by atoms with Crippen molar-refractivity contribution in [2.75, 3.05) is 0 Å². The van der Waals surface area contributed by atoms with Crippen molar-refractivity contribution in [2.24, 2.45) is 0 Å². The molecule has 0 N–H and O–H groups in total. The number of benzene rings is 9. The lowest BCUT2D eigenvalue weighted by molar-refractivity contribution is 0.435. The largest absolute Gasteiger partial charge is 0.458 e. The first-order valence-electron chi connectivity index (χ1n) is 20.8. The molecular formula is C54H32B2O6. The van der Waals surface area contributed by atoms with E-state index in [-0.39, 0.29) is 13.4 Å². The van der Waals surface area contributed by atoms with Crippen LogP contribution in [0.15, 0.2) is 194 Å². The molecule has 0 aliphatic carbocycles. The summed E-state index contributed by atoms with van der Waals surface area (Å²) in [6.45, 7) is -0.309. The number of hydrogen-bond donors (Lipinski definition) is 0. The maximum Gasteiger partial charge on any atom is 0.260 e. The highest BCUT2D eigenvalue weighted by Crippen LogP contribution is 2.43. The van der Waals surface area contributed by atoms with E-state index >= 15 is 0 Å². The Kier molecular flexibility index (Phi) is 7.69. The third-order valence-corrected chi connectivity index (χ3v) is 12.2. The van der Waals surface area contributed by atoms with Crippen molar-refractivity contribution in [3.05, 3.63) is 194 Å². The fraction of sp³-hybridized carbons (Fsp3) is 0. The topological polar surface area (TPSA) is 55.4 Å². The summed E-state index contributed by atoms with van der Waals surface area (Å²) >= 11 is 0. The van der Waals surface area contributed by atoms with Gasteiger partial charge in [-0.15, -0.1) is 0 Å². The van der Waals surface area contributed by atoms with Crippen LogP contribution in [-0.4, -0.2) is 13.4 Å². The zero-order valence-electron chi connectivity index (χ0n) is 33.1. The molecule has 0 unspecified atom stereocenters. The predicted octanol–water partition coefficient (Wildman–Crippen LogP) is 10.1. The van der Waals surface area contributed by atoms with Gasteiger partial charge in [-0.2, -0.15) is 0 Å². The maximum atomic E-state index is 6.88. The minimum absolute atomic E-state index is 0.154. The molecule has 6 nitrogen and oxygen atoms in total. The van der Waals surface area contributed by atoms with Gasteiger partial charge in [0.25, 0.3) is 13.4 Å². The van der Waals surface area contributed by atoms with Crippen LogP contribution in [0.1, 0.15) is 0 Å². The van der Waals surface area contributed by atoms with E-state index in [1.54, 1.807) is 0 Å². The van der Waals surface area contributed by atoms with E-state index in [0.29, 0.717) is 57.5 Å². The minimum Gasteiger partial charge on any atom is -0.458 e. The zero-order chi connectivity index (χ0) is 40.7. The van der Waals surface area contributed by atoms with Crippen LogP contribution in [0.2, 0.25) is 0 Å². The second-order valence-electron chi connectivity index (χ2n) is 15.9. The van der Waals surface area contributed by atoms with E-state index in [1.165, 1.54) is 0 Å². The molecule has 9 aromatic carbocycles. The SMILES string of the molecule is c1ccc(-c2ccc(Oc3cc4c5c(c3)Oc3cc6c(cc3B5c3ccccc3O4)B3c4ccccc4Oc4cc(Oc5ccc(-c7ccccc7)cc5)cc(c43)O6)cc2)cc1. The number of fused-ring (bicyclic) bond motifs is 8. The second-order valence-corrected chi connectivity index (χ2v) is 15.9. The van der Waals surface area contributed by atoms with Crippen molar-refractivity contribution in [1.29, 1.82) is 0 Å². The molecule has 290 valence electrons. The van der Waals surface area contributed by atoms with Gasteiger partial charge in [-0.05, 0) is 80.5 Å². The van der Waals surface area contributed by atoms with Crippen LogP contribution in [0.5, 0.6) is 69.0 Å². The molecule has 0 saturated carbocycles. The zero-order valence-corrected chi connectivity index (χ0v) is 33.1. The third-order valence-electron chi connectivity index (χ3n) is 12.2. The molecule has 0 fully saturated rings. The molecule has 13 rings (SSSR count). The van der Waals surface area contributed by atoms with Gasteiger partial charge < -0.3 is 28.4 Å². The quantitative estimate of drug-likeness (QED) is 0.156. The van der Waals surface area contributed by atoms with E-state index in [9.17, 15) is 0 Å². The van der Waals surface area contributed by atoms with Crippen LogP contribution in [0.25, 0.3) is 22.3 Å². The molecule has 0 bridgehead atoms. The van der Waals surface area contributed by atoms with Crippen LogP contribution in [0, 0.1) is 0 Å². The third kappa shape index (κ3) is 5.68. The van der Waals surface area contributed by atoms with Gasteiger partial charge in [0.15, 0.2) is 0 Å². The van der Waals surface area contributed by atoms with Gasteiger partial charge in [-0.1, -0.05) is 127 Å². The molecule has 4 aliphatic heterocycles. The minimum atomic E-state index is -0.154. The molecule has 4 heterocycles. The summed E-state index contributed by atoms with van der Waals surface area (Å²) in [6, 6.07) is 65.5. The van der Waals surface area contributed by atoms with Gasteiger partial charge in [-0.3, -0.25) is 0 Å². The summed E-state index contributed by atoms with van der Waals surface area (Å²) < 4.78 is 40.0. The number of hydrogen-bond acceptors (Lipinski definition) is 6. The monoisotopic (exact) mass is 798 g/mol. The highest BCUT2D eigenvalue weighted by molar-refractivity contribution is 7.01. The summed E-state index contributed by atoms with van der Waals surface area (Å²) in [6.07, 6.45) is 0. The highest BCUT2D eigenvalue weighted by atomic mass is 16.5. The normalized spacial score (nSPS) is 13.0. The molecule has 0 radical (unpaired) electrons. The molecule has 9 aromatic rings. The average molecular weight is 798 g/mol. The Labute approximate surface area is 358 Å². The highest BCUT2D eigenvalue weighted by Gasteiger charge is 2.45. The van der Waals surface area contributed by atoms with Gasteiger partial charge >= 0.3 is 0 Å². The van der Waals surface area contributed by atoms with Crippen LogP contribution < -0.4 is 61.2 Å². The molecule has 0 saturated heterocycles. The first kappa shape index (κ1) is 34.7. The van der Waals surface area contributed by atoms with E-state index in [1.807, 2.05) is 115 Å². The van der Waals surface area contributed by atoms with Gasteiger partial charge in [0, 0.05) is 41.3 Å². The average Bonchev–Trinajstić information content (AvgIpc) is 3.31. The first-order valence-corrected chi connectivity index (χ1v) is 20.8. The van der Waals surface area contributed by atoms with Crippen molar-refractivity contribution in [3.63, 3.8) is 0 Å². The summed E-state index contributed by atoms with van der Waals surface area (Å²) in [4.78, 5) is 0. The Morgan fingerprint density at radius 2 is 0.613 bits per heavy atom. The molecule has 0 spiro atoms. The molecule has 0 atom stereocenters. The lowest BCUT2D eigenvalue weighted by Crippen LogP contribution is -2.61. The van der Waals surface area contributed by atoms with Crippen molar-refractivity contribution in [1.82, 2.24) is 0 Å². The Hall–Kier alpha value is -8.09. The number of ether oxygens (including phenoxy) is 6. The molecular weight excluding hydrogens is 766 g/mol. The Bertz CT molecular complexity index is 3030. The smallest absolute Gasteiger partial charge is 0.260 e. The van der Waals surface area contributed by atoms with Crippen molar-refractivity contribution in [3.8, 4) is 91.2 Å². The number of rotatable bonds is 6. The summed E-state index contributed by atoms with van der Waals surface area (Å²) in [7, 11) is 0. The standard InChI is InChI=1S/C54H32B2O6/c1-3-11-33(12-4-1)35-19-23-37(24-20-35)57-39-27-49-53-51(29-39)61-47-32-48-44(31-43(47)55(53)41-15-7-9-17-45(41)59-49)56-42-16-8-10-18-46(42)60-50-28-40(30-52(62-48)54(50)56)58-38-25-21-36(22-26-38)34-13-5-2-6-14-34/h1-32H. The van der Waals surface area contributed by atoms with Gasteiger partial charge in [0.05, 0.1) is 0 Å². The summed E-state index contributed by atoms with van der Waals surface area (Å²) in [5.74, 6) is 8.43. The van der Waals surface area contributed by atoms with E-state index in [2.05, 4.69) is 78.9 Å². The van der Waals surface area contributed by atoms with Crippen molar-refractivity contribution >= 4 is 46.2 Å². The fourth-order valence-corrected chi connectivity index (χ4v) is 9.42. The van der Waals surface area contributed by atoms with E-state index in [4.69, 9.17) is 28.4 Å². The predicted molar refractivity (Wildman–Crippen MR) is 246 cm³/mol. The lowest BCUT2D eigenvalue weighted by atomic mass is 9.31. The first-order chi connectivity index (χ1) is 30.7. The second kappa shape index (κ2) is 13.7. The van der Waals surface area contributed by atoms with Crippen molar-refractivity contribution in [2.45, 2.75) is 0 Å². The Morgan fingerprint density at radius 1 is 0.258 bits per heavy atom. The van der Waals surface area contributed by atoms with Crippen molar-refractivity contribution < 1.29 is 28.4 Å². The summed E-state index contributed by atoms with van der Waals surface area (Å²) in [5, 5.41) is 0. The lowest BCUT2D eigenvalue weighted by Gasteiger charge is -2.36. The molecule has 62 heavy (non-hydrogen) atoms. The van der Waals surface area contributed by atoms with Crippen LogP contribution in [-0.2, 0) is 0 Å². The van der Waals surface area contributed by atoms with Gasteiger partial charge in [0.1, 0.15) is 69.0 Å². The van der Waals surface area contributed by atoms with Crippen LogP contribution in [0.4, 0.5) is 0 Å². The summed E-state index contributed by atoms with van der Waals surface area (Å²) in [5.41, 5.74) is 10.7. The van der Waals surface area contributed by atoms with E-state index < -0.39 is 0 Å². The Morgan fingerprint density at radius 3 is 1.03 bits per heavy atom. The maximum absolute atomic E-state index is 6.88. The van der Waals surface area contributed by atoms with Crippen LogP contribution in [0.3, 0.4) is 0 Å². The molecule has 0 amide bonds.